The molecule has 1 aromatic rings. The van der Waals surface area contributed by atoms with Gasteiger partial charge in [-0.2, -0.15) is 0 Å². The molecule has 6 nitrogen and oxygen atoms in total. The van der Waals surface area contributed by atoms with Crippen LogP contribution in [0, 0.1) is 5.92 Å². The molecule has 1 aliphatic rings. The fraction of sp³-hybridized carbons (Fsp3) is 0.714. The smallest absolute Gasteiger partial charge is 0.158 e. The molecule has 0 aliphatic carbocycles. The maximum absolute atomic E-state index is 5.87. The number of nitrogen functional groups attached to an aromatic ring is 1. The maximum atomic E-state index is 5.87. The molecule has 2 heterocycles. The Morgan fingerprint density at radius 1 is 1.45 bits per heavy atom. The summed E-state index contributed by atoms with van der Waals surface area (Å²) in [6.07, 6.45) is 1.32. The molecule has 0 saturated carbocycles. The van der Waals surface area contributed by atoms with Crippen LogP contribution in [0.4, 0.5) is 11.6 Å². The van der Waals surface area contributed by atoms with E-state index in [0.29, 0.717) is 30.8 Å². The van der Waals surface area contributed by atoms with Crippen LogP contribution in [0.3, 0.4) is 0 Å². The van der Waals surface area contributed by atoms with E-state index in [0.717, 1.165) is 25.3 Å². The van der Waals surface area contributed by atoms with Gasteiger partial charge in [-0.3, -0.25) is 0 Å². The van der Waals surface area contributed by atoms with Gasteiger partial charge in [0.1, 0.15) is 18.2 Å². The third-order valence-electron chi connectivity index (χ3n) is 3.73. The van der Waals surface area contributed by atoms with Gasteiger partial charge in [0.15, 0.2) is 5.82 Å². The van der Waals surface area contributed by atoms with Crippen LogP contribution < -0.4 is 10.6 Å². The number of anilines is 2. The van der Waals surface area contributed by atoms with Gasteiger partial charge in [0.25, 0.3) is 0 Å². The number of rotatable bonds is 5. The van der Waals surface area contributed by atoms with Gasteiger partial charge in [0.05, 0.1) is 6.10 Å². The van der Waals surface area contributed by atoms with Crippen molar-refractivity contribution in [2.24, 2.45) is 5.92 Å². The van der Waals surface area contributed by atoms with Crippen molar-refractivity contribution in [2.45, 2.75) is 33.0 Å². The van der Waals surface area contributed by atoms with E-state index in [4.69, 9.17) is 15.2 Å². The highest BCUT2D eigenvalue weighted by molar-refractivity contribution is 5.47. The summed E-state index contributed by atoms with van der Waals surface area (Å²) in [6, 6.07) is 1.82. The highest BCUT2D eigenvalue weighted by Crippen LogP contribution is 2.24. The van der Waals surface area contributed by atoms with E-state index in [1.807, 2.05) is 13.0 Å². The van der Waals surface area contributed by atoms with E-state index < -0.39 is 0 Å². The summed E-state index contributed by atoms with van der Waals surface area (Å²) < 4.78 is 10.9. The standard InChI is InChI=1S/C14H24N4O2/c1-4-20-9-13-16-12(15)7-14(17-13)18-6-5-10(2)11(8-18)19-3/h7,10-11H,4-6,8-9H2,1-3H3,(H2,15,16,17). The van der Waals surface area contributed by atoms with E-state index in [1.54, 1.807) is 7.11 Å². The molecule has 6 heteroatoms. The Bertz CT molecular complexity index is 441. The predicted molar refractivity (Wildman–Crippen MR) is 78.6 cm³/mol. The average molecular weight is 280 g/mol. The lowest BCUT2D eigenvalue weighted by Crippen LogP contribution is -2.44. The third-order valence-corrected chi connectivity index (χ3v) is 3.73. The molecule has 0 amide bonds. The van der Waals surface area contributed by atoms with Crippen LogP contribution in [0.15, 0.2) is 6.07 Å². The third kappa shape index (κ3) is 3.58. The molecule has 20 heavy (non-hydrogen) atoms. The minimum atomic E-state index is 0.232. The van der Waals surface area contributed by atoms with E-state index >= 15 is 0 Å². The van der Waals surface area contributed by atoms with Gasteiger partial charge in [0, 0.05) is 32.9 Å². The van der Waals surface area contributed by atoms with Gasteiger partial charge in [-0.1, -0.05) is 6.92 Å². The van der Waals surface area contributed by atoms with Crippen LogP contribution in [0.5, 0.6) is 0 Å². The lowest BCUT2D eigenvalue weighted by Gasteiger charge is -2.37. The van der Waals surface area contributed by atoms with Gasteiger partial charge >= 0.3 is 0 Å². The van der Waals surface area contributed by atoms with Crippen LogP contribution in [0.1, 0.15) is 26.1 Å². The van der Waals surface area contributed by atoms with Crippen molar-refractivity contribution in [3.63, 3.8) is 0 Å². The number of hydrogen-bond donors (Lipinski definition) is 1. The van der Waals surface area contributed by atoms with Gasteiger partial charge in [0.2, 0.25) is 0 Å². The molecule has 2 atom stereocenters. The monoisotopic (exact) mass is 280 g/mol. The largest absolute Gasteiger partial charge is 0.384 e. The number of piperidine rings is 1. The lowest BCUT2D eigenvalue weighted by molar-refractivity contribution is 0.0496. The zero-order chi connectivity index (χ0) is 14.5. The molecule has 1 aliphatic heterocycles. The summed E-state index contributed by atoms with van der Waals surface area (Å²) in [5, 5.41) is 0. The molecule has 1 aromatic heterocycles. The van der Waals surface area contributed by atoms with Crippen molar-refractivity contribution in [1.82, 2.24) is 9.97 Å². The van der Waals surface area contributed by atoms with Gasteiger partial charge < -0.3 is 20.1 Å². The van der Waals surface area contributed by atoms with Crippen LogP contribution >= 0.6 is 0 Å². The number of ether oxygens (including phenoxy) is 2. The Labute approximate surface area is 120 Å². The highest BCUT2D eigenvalue weighted by Gasteiger charge is 2.27. The quantitative estimate of drug-likeness (QED) is 0.880. The van der Waals surface area contributed by atoms with E-state index in [2.05, 4.69) is 21.8 Å². The summed E-state index contributed by atoms with van der Waals surface area (Å²) in [5.74, 6) is 2.55. The first-order chi connectivity index (χ1) is 9.63. The van der Waals surface area contributed by atoms with Crippen LogP contribution in [0.25, 0.3) is 0 Å². The number of nitrogens with two attached hydrogens (primary N) is 1. The Kier molecular flexibility index (Phi) is 5.14. The van der Waals surface area contributed by atoms with Gasteiger partial charge in [-0.15, -0.1) is 0 Å². The highest BCUT2D eigenvalue weighted by atomic mass is 16.5. The Hall–Kier alpha value is -1.40. The first-order valence-electron chi connectivity index (χ1n) is 7.13. The molecule has 112 valence electrons. The van der Waals surface area contributed by atoms with Crippen LogP contribution in [-0.4, -0.2) is 42.9 Å². The molecule has 2 N–H and O–H groups in total. The fourth-order valence-corrected chi connectivity index (χ4v) is 2.47. The molecule has 0 spiro atoms. The number of nitrogens with zero attached hydrogens (tertiary/aromatic N) is 3. The minimum absolute atomic E-state index is 0.232. The molecular weight excluding hydrogens is 256 g/mol. The predicted octanol–water partition coefficient (Wildman–Crippen LogP) is 1.46. The SMILES string of the molecule is CCOCc1nc(N)cc(N2CCC(C)C(OC)C2)n1. The van der Waals surface area contributed by atoms with E-state index in [1.165, 1.54) is 0 Å². The summed E-state index contributed by atoms with van der Waals surface area (Å²) >= 11 is 0. The summed E-state index contributed by atoms with van der Waals surface area (Å²) in [6.45, 7) is 7.00. The molecule has 0 bridgehead atoms. The summed E-state index contributed by atoms with van der Waals surface area (Å²) in [7, 11) is 1.76. The molecule has 2 unspecified atom stereocenters. The maximum Gasteiger partial charge on any atom is 0.158 e. The van der Waals surface area contributed by atoms with E-state index in [9.17, 15) is 0 Å². The fourth-order valence-electron chi connectivity index (χ4n) is 2.47. The molecule has 1 saturated heterocycles. The second-order valence-electron chi connectivity index (χ2n) is 5.19. The first-order valence-corrected chi connectivity index (χ1v) is 7.13. The van der Waals surface area contributed by atoms with Crippen LogP contribution in [-0.2, 0) is 16.1 Å². The van der Waals surface area contributed by atoms with Crippen LogP contribution in [0.2, 0.25) is 0 Å². The van der Waals surface area contributed by atoms with Crippen molar-refractivity contribution < 1.29 is 9.47 Å². The topological polar surface area (TPSA) is 73.5 Å². The van der Waals surface area contributed by atoms with Crippen molar-refractivity contribution in [1.29, 1.82) is 0 Å². The molecule has 1 fully saturated rings. The van der Waals surface area contributed by atoms with Crippen molar-refractivity contribution >= 4 is 11.6 Å². The molecular formula is C14H24N4O2. The molecule has 0 radical (unpaired) electrons. The zero-order valence-electron chi connectivity index (χ0n) is 12.5. The van der Waals surface area contributed by atoms with Crippen molar-refractivity contribution in [3.8, 4) is 0 Å². The number of hydrogen-bond acceptors (Lipinski definition) is 6. The second-order valence-corrected chi connectivity index (χ2v) is 5.19. The average Bonchev–Trinajstić information content (AvgIpc) is 2.45. The Morgan fingerprint density at radius 3 is 2.95 bits per heavy atom. The zero-order valence-corrected chi connectivity index (χ0v) is 12.5. The normalized spacial score (nSPS) is 23.1. The Morgan fingerprint density at radius 2 is 2.25 bits per heavy atom. The van der Waals surface area contributed by atoms with Gasteiger partial charge in [-0.25, -0.2) is 9.97 Å². The van der Waals surface area contributed by atoms with Gasteiger partial charge in [-0.05, 0) is 19.3 Å². The van der Waals surface area contributed by atoms with E-state index in [-0.39, 0.29) is 6.10 Å². The number of methoxy groups -OCH3 is 1. The molecule has 2 rings (SSSR count). The minimum Gasteiger partial charge on any atom is -0.384 e. The summed E-state index contributed by atoms with van der Waals surface area (Å²) in [4.78, 5) is 11.0. The number of aromatic nitrogens is 2. The lowest BCUT2D eigenvalue weighted by atomic mass is 9.96. The first kappa shape index (κ1) is 15.0. The Balaban J connectivity index is 2.13. The second kappa shape index (κ2) is 6.85. The molecule has 0 aromatic carbocycles. The van der Waals surface area contributed by atoms with Crippen molar-refractivity contribution in [3.05, 3.63) is 11.9 Å². The summed E-state index contributed by atoms with van der Waals surface area (Å²) in [5.41, 5.74) is 5.87. The van der Waals surface area contributed by atoms with Crippen molar-refractivity contribution in [2.75, 3.05) is 37.4 Å².